The highest BCUT2D eigenvalue weighted by Crippen LogP contribution is 2.17. The lowest BCUT2D eigenvalue weighted by Gasteiger charge is -2.16. The van der Waals surface area contributed by atoms with Gasteiger partial charge in [-0.2, -0.15) is 0 Å². The zero-order chi connectivity index (χ0) is 17.0. The third-order valence-electron chi connectivity index (χ3n) is 3.04. The van der Waals surface area contributed by atoms with Crippen LogP contribution in [0, 0.1) is 12.7 Å². The van der Waals surface area contributed by atoms with E-state index in [4.69, 9.17) is 4.52 Å². The van der Waals surface area contributed by atoms with Crippen LogP contribution in [-0.4, -0.2) is 35.5 Å². The Kier molecular flexibility index (Phi) is 5.49. The summed E-state index contributed by atoms with van der Waals surface area (Å²) >= 11 is 3.07. The zero-order valence-electron chi connectivity index (χ0n) is 12.6. The number of nitrogens with one attached hydrogen (secondary N) is 1. The minimum atomic E-state index is -0.392. The summed E-state index contributed by atoms with van der Waals surface area (Å²) in [4.78, 5) is 25.2. The highest BCUT2D eigenvalue weighted by atomic mass is 79.9. The first kappa shape index (κ1) is 17.1. The number of benzene rings is 1. The van der Waals surface area contributed by atoms with E-state index in [0.29, 0.717) is 21.6 Å². The van der Waals surface area contributed by atoms with Crippen LogP contribution in [0.15, 0.2) is 33.3 Å². The van der Waals surface area contributed by atoms with Crippen LogP contribution < -0.4 is 5.32 Å². The van der Waals surface area contributed by atoms with E-state index in [0.717, 1.165) is 0 Å². The Bertz CT molecular complexity index is 733. The standard InChI is InChI=1S/C15H15BrFN3O3/c1-9-5-13(19-23-9)18-14(21)8-20(2)15(22)7-10-3-4-12(17)11(16)6-10/h3-6H,7-8H2,1-2H3,(H,18,19,21). The maximum atomic E-state index is 13.2. The number of likely N-dealkylation sites (N-methyl/N-ethyl adjacent to an activating group) is 1. The normalized spacial score (nSPS) is 10.4. The lowest BCUT2D eigenvalue weighted by molar-refractivity contribution is -0.132. The fraction of sp³-hybridized carbons (Fsp3) is 0.267. The zero-order valence-corrected chi connectivity index (χ0v) is 14.2. The Morgan fingerprint density at radius 2 is 2.13 bits per heavy atom. The summed E-state index contributed by atoms with van der Waals surface area (Å²) in [7, 11) is 1.52. The fourth-order valence-corrected chi connectivity index (χ4v) is 2.30. The van der Waals surface area contributed by atoms with Crippen LogP contribution in [-0.2, 0) is 16.0 Å². The van der Waals surface area contributed by atoms with Gasteiger partial charge in [-0.15, -0.1) is 0 Å². The van der Waals surface area contributed by atoms with Gasteiger partial charge in [0.15, 0.2) is 5.82 Å². The van der Waals surface area contributed by atoms with E-state index in [-0.39, 0.29) is 24.8 Å². The molecule has 8 heteroatoms. The minimum absolute atomic E-state index is 0.0751. The predicted molar refractivity (Wildman–Crippen MR) is 85.3 cm³/mol. The molecule has 1 heterocycles. The summed E-state index contributed by atoms with van der Waals surface area (Å²) in [6.07, 6.45) is 0.0751. The molecule has 1 N–H and O–H groups in total. The van der Waals surface area contributed by atoms with Crippen LogP contribution in [0.2, 0.25) is 0 Å². The van der Waals surface area contributed by atoms with Gasteiger partial charge in [0.25, 0.3) is 0 Å². The van der Waals surface area contributed by atoms with Crippen LogP contribution in [0.5, 0.6) is 0 Å². The Morgan fingerprint density at radius 3 is 2.74 bits per heavy atom. The maximum absolute atomic E-state index is 13.2. The summed E-state index contributed by atoms with van der Waals surface area (Å²) in [5.74, 6) is -0.149. The highest BCUT2D eigenvalue weighted by molar-refractivity contribution is 9.10. The highest BCUT2D eigenvalue weighted by Gasteiger charge is 2.15. The number of aryl methyl sites for hydroxylation is 1. The predicted octanol–water partition coefficient (Wildman–Crippen LogP) is 2.52. The van der Waals surface area contributed by atoms with Crippen molar-refractivity contribution in [3.8, 4) is 0 Å². The van der Waals surface area contributed by atoms with E-state index < -0.39 is 5.82 Å². The van der Waals surface area contributed by atoms with Crippen molar-refractivity contribution in [3.05, 3.63) is 45.9 Å². The molecule has 0 bridgehead atoms. The number of amides is 2. The Morgan fingerprint density at radius 1 is 1.39 bits per heavy atom. The number of halogens is 2. The van der Waals surface area contributed by atoms with Crippen LogP contribution >= 0.6 is 15.9 Å². The van der Waals surface area contributed by atoms with Crippen molar-refractivity contribution in [2.24, 2.45) is 0 Å². The molecule has 0 fully saturated rings. The number of aromatic nitrogens is 1. The number of hydrogen-bond donors (Lipinski definition) is 1. The largest absolute Gasteiger partial charge is 0.360 e. The SMILES string of the molecule is Cc1cc(NC(=O)CN(C)C(=O)Cc2ccc(F)c(Br)c2)no1. The number of carbonyl (C=O) groups is 2. The van der Waals surface area contributed by atoms with Crippen molar-refractivity contribution in [2.75, 3.05) is 18.9 Å². The van der Waals surface area contributed by atoms with Crippen molar-refractivity contribution in [3.63, 3.8) is 0 Å². The maximum Gasteiger partial charge on any atom is 0.245 e. The van der Waals surface area contributed by atoms with Gasteiger partial charge in [0, 0.05) is 13.1 Å². The van der Waals surface area contributed by atoms with Gasteiger partial charge in [0.1, 0.15) is 11.6 Å². The Hall–Kier alpha value is -2.22. The van der Waals surface area contributed by atoms with Crippen molar-refractivity contribution in [1.82, 2.24) is 10.1 Å². The molecule has 1 aromatic heterocycles. The second kappa shape index (κ2) is 7.36. The van der Waals surface area contributed by atoms with Gasteiger partial charge in [-0.05, 0) is 40.5 Å². The van der Waals surface area contributed by atoms with Gasteiger partial charge >= 0.3 is 0 Å². The number of nitrogens with zero attached hydrogens (tertiary/aromatic N) is 2. The molecule has 2 aromatic rings. The van der Waals surface area contributed by atoms with Crippen molar-refractivity contribution in [1.29, 1.82) is 0 Å². The van der Waals surface area contributed by atoms with Crippen molar-refractivity contribution < 1.29 is 18.5 Å². The van der Waals surface area contributed by atoms with Crippen molar-refractivity contribution >= 4 is 33.6 Å². The van der Waals surface area contributed by atoms with Gasteiger partial charge in [-0.1, -0.05) is 11.2 Å². The molecule has 0 spiro atoms. The quantitative estimate of drug-likeness (QED) is 0.860. The molecule has 23 heavy (non-hydrogen) atoms. The molecule has 0 unspecified atom stereocenters. The molecule has 1 aromatic carbocycles. The minimum Gasteiger partial charge on any atom is -0.360 e. The van der Waals surface area contributed by atoms with Crippen molar-refractivity contribution in [2.45, 2.75) is 13.3 Å². The second-order valence-electron chi connectivity index (χ2n) is 5.05. The fourth-order valence-electron chi connectivity index (χ4n) is 1.87. The smallest absolute Gasteiger partial charge is 0.245 e. The van der Waals surface area contributed by atoms with E-state index in [1.807, 2.05) is 0 Å². The molecule has 0 atom stereocenters. The van der Waals surface area contributed by atoms with E-state index in [2.05, 4.69) is 26.4 Å². The molecule has 2 rings (SSSR count). The summed E-state index contributed by atoms with van der Waals surface area (Å²) in [6, 6.07) is 5.94. The molecule has 0 aliphatic carbocycles. The molecule has 0 radical (unpaired) electrons. The monoisotopic (exact) mass is 383 g/mol. The van der Waals surface area contributed by atoms with Gasteiger partial charge in [0.2, 0.25) is 11.8 Å². The molecular formula is C15H15BrFN3O3. The first-order valence-electron chi connectivity index (χ1n) is 6.76. The molecule has 0 aliphatic heterocycles. The van der Waals surface area contributed by atoms with Gasteiger partial charge in [0.05, 0.1) is 17.4 Å². The number of hydrogen-bond acceptors (Lipinski definition) is 4. The molecule has 2 amide bonds. The Labute approximate surface area is 140 Å². The lowest BCUT2D eigenvalue weighted by Crippen LogP contribution is -2.35. The van der Waals surface area contributed by atoms with Crippen LogP contribution in [0.3, 0.4) is 0 Å². The summed E-state index contributed by atoms with van der Waals surface area (Å²) in [5, 5.41) is 6.18. The summed E-state index contributed by atoms with van der Waals surface area (Å²) in [5.41, 5.74) is 0.655. The van der Waals surface area contributed by atoms with Crippen LogP contribution in [0.4, 0.5) is 10.2 Å². The van der Waals surface area contributed by atoms with E-state index in [9.17, 15) is 14.0 Å². The average Bonchev–Trinajstić information content (AvgIpc) is 2.87. The Balaban J connectivity index is 1.88. The average molecular weight is 384 g/mol. The molecule has 0 saturated carbocycles. The first-order valence-corrected chi connectivity index (χ1v) is 7.55. The molecule has 0 aliphatic rings. The molecule has 6 nitrogen and oxygen atoms in total. The van der Waals surface area contributed by atoms with E-state index in [1.165, 1.54) is 24.1 Å². The third-order valence-corrected chi connectivity index (χ3v) is 3.65. The topological polar surface area (TPSA) is 75.4 Å². The molecular weight excluding hydrogens is 369 g/mol. The van der Waals surface area contributed by atoms with Crippen LogP contribution in [0.1, 0.15) is 11.3 Å². The summed E-state index contributed by atoms with van der Waals surface area (Å²) in [6.45, 7) is 1.59. The van der Waals surface area contributed by atoms with Gasteiger partial charge in [-0.3, -0.25) is 9.59 Å². The van der Waals surface area contributed by atoms with E-state index in [1.54, 1.807) is 19.1 Å². The molecule has 122 valence electrons. The number of rotatable bonds is 5. The summed E-state index contributed by atoms with van der Waals surface area (Å²) < 4.78 is 18.3. The third kappa shape index (κ3) is 4.88. The first-order chi connectivity index (χ1) is 10.8. The van der Waals surface area contributed by atoms with Crippen LogP contribution in [0.25, 0.3) is 0 Å². The van der Waals surface area contributed by atoms with Gasteiger partial charge in [-0.25, -0.2) is 4.39 Å². The second-order valence-corrected chi connectivity index (χ2v) is 5.90. The van der Waals surface area contributed by atoms with Gasteiger partial charge < -0.3 is 14.7 Å². The number of anilines is 1. The number of carbonyl (C=O) groups excluding carboxylic acids is 2. The lowest BCUT2D eigenvalue weighted by atomic mass is 10.1. The molecule has 0 saturated heterocycles. The van der Waals surface area contributed by atoms with E-state index >= 15 is 0 Å².